The molecule has 0 unspecified atom stereocenters. The van der Waals surface area contributed by atoms with Gasteiger partial charge in [0.1, 0.15) is 5.54 Å². The average molecular weight is 199 g/mol. The highest BCUT2D eigenvalue weighted by Gasteiger charge is 2.33. The second-order valence-electron chi connectivity index (χ2n) is 3.98. The first kappa shape index (κ1) is 13.2. The number of hydrogen-bond acceptors (Lipinski definition) is 2. The monoisotopic (exact) mass is 199 g/mol. The lowest BCUT2D eigenvalue weighted by atomic mass is 10.0. The number of carbonyl (C=O) groups is 1. The minimum Gasteiger partial charge on any atom is -0.480 e. The fraction of sp³-hybridized carbons (Fsp3) is 0.727. The number of carboxylic acid groups (broad SMARTS) is 1. The Balaban J connectivity index is 4.55. The van der Waals surface area contributed by atoms with Crippen LogP contribution in [0.4, 0.5) is 0 Å². The summed E-state index contributed by atoms with van der Waals surface area (Å²) < 4.78 is 0. The van der Waals surface area contributed by atoms with Crippen LogP contribution in [0, 0.1) is 0 Å². The van der Waals surface area contributed by atoms with Gasteiger partial charge in [-0.05, 0) is 26.8 Å². The van der Waals surface area contributed by atoms with Crippen LogP contribution in [-0.2, 0) is 4.79 Å². The Labute approximate surface area is 86.4 Å². The highest BCUT2D eigenvalue weighted by molar-refractivity contribution is 5.77. The standard InChI is InChI=1S/C11H21NO2/c1-6-9(3)8-12(7-2)11(4,5)10(13)14/h3,6-8H2,1-2,4-5H3,(H,13,14). The van der Waals surface area contributed by atoms with Crippen LogP contribution in [0.15, 0.2) is 12.2 Å². The summed E-state index contributed by atoms with van der Waals surface area (Å²) in [5.41, 5.74) is 0.258. The van der Waals surface area contributed by atoms with E-state index in [9.17, 15) is 4.79 Å². The molecule has 1 N–H and O–H groups in total. The van der Waals surface area contributed by atoms with E-state index in [1.165, 1.54) is 0 Å². The molecule has 0 fully saturated rings. The zero-order valence-electron chi connectivity index (χ0n) is 9.63. The molecular weight excluding hydrogens is 178 g/mol. The Bertz CT molecular complexity index is 221. The summed E-state index contributed by atoms with van der Waals surface area (Å²) in [5.74, 6) is -0.789. The van der Waals surface area contributed by atoms with Crippen molar-refractivity contribution in [2.24, 2.45) is 0 Å². The van der Waals surface area contributed by atoms with Crippen LogP contribution in [0.1, 0.15) is 34.1 Å². The summed E-state index contributed by atoms with van der Waals surface area (Å²) in [6.45, 7) is 12.7. The van der Waals surface area contributed by atoms with Crippen LogP contribution in [0.5, 0.6) is 0 Å². The third-order valence-corrected chi connectivity index (χ3v) is 2.61. The third-order valence-electron chi connectivity index (χ3n) is 2.61. The molecule has 0 saturated carbocycles. The van der Waals surface area contributed by atoms with E-state index in [0.29, 0.717) is 6.54 Å². The minimum atomic E-state index is -0.813. The van der Waals surface area contributed by atoms with Crippen molar-refractivity contribution in [2.75, 3.05) is 13.1 Å². The zero-order chi connectivity index (χ0) is 11.4. The third kappa shape index (κ3) is 3.14. The summed E-state index contributed by atoms with van der Waals surface area (Å²) in [6.07, 6.45) is 0.895. The minimum absolute atomic E-state index is 0.659. The van der Waals surface area contributed by atoms with Crippen molar-refractivity contribution in [1.82, 2.24) is 4.90 Å². The molecule has 14 heavy (non-hydrogen) atoms. The SMILES string of the molecule is C=C(CC)CN(CC)C(C)(C)C(=O)O. The van der Waals surface area contributed by atoms with E-state index in [1.807, 2.05) is 18.7 Å². The van der Waals surface area contributed by atoms with Gasteiger partial charge in [0.15, 0.2) is 0 Å². The Morgan fingerprint density at radius 2 is 1.93 bits per heavy atom. The molecule has 0 atom stereocenters. The second-order valence-corrected chi connectivity index (χ2v) is 3.98. The highest BCUT2D eigenvalue weighted by atomic mass is 16.4. The quantitative estimate of drug-likeness (QED) is 0.666. The number of likely N-dealkylation sites (N-methyl/N-ethyl adjacent to an activating group) is 1. The van der Waals surface area contributed by atoms with E-state index in [1.54, 1.807) is 13.8 Å². The predicted molar refractivity (Wildman–Crippen MR) is 58.4 cm³/mol. The van der Waals surface area contributed by atoms with Crippen molar-refractivity contribution in [3.05, 3.63) is 12.2 Å². The van der Waals surface area contributed by atoms with Gasteiger partial charge in [-0.1, -0.05) is 26.0 Å². The fourth-order valence-electron chi connectivity index (χ4n) is 1.22. The van der Waals surface area contributed by atoms with Crippen LogP contribution < -0.4 is 0 Å². The molecule has 0 amide bonds. The van der Waals surface area contributed by atoms with Gasteiger partial charge in [0.05, 0.1) is 0 Å². The maximum atomic E-state index is 11.0. The van der Waals surface area contributed by atoms with Gasteiger partial charge >= 0.3 is 5.97 Å². The second kappa shape index (κ2) is 5.15. The summed E-state index contributed by atoms with van der Waals surface area (Å²) >= 11 is 0. The van der Waals surface area contributed by atoms with E-state index in [-0.39, 0.29) is 0 Å². The molecule has 0 bridgehead atoms. The van der Waals surface area contributed by atoms with Crippen LogP contribution >= 0.6 is 0 Å². The van der Waals surface area contributed by atoms with E-state index in [2.05, 4.69) is 6.58 Å². The molecule has 0 aliphatic rings. The highest BCUT2D eigenvalue weighted by Crippen LogP contribution is 2.16. The number of carboxylic acids is 1. The van der Waals surface area contributed by atoms with E-state index in [0.717, 1.165) is 18.5 Å². The van der Waals surface area contributed by atoms with Gasteiger partial charge in [0.2, 0.25) is 0 Å². The molecule has 82 valence electrons. The smallest absolute Gasteiger partial charge is 0.323 e. The Morgan fingerprint density at radius 1 is 1.43 bits per heavy atom. The van der Waals surface area contributed by atoms with Crippen molar-refractivity contribution in [3.8, 4) is 0 Å². The maximum Gasteiger partial charge on any atom is 0.323 e. The Morgan fingerprint density at radius 3 is 2.21 bits per heavy atom. The lowest BCUT2D eigenvalue weighted by molar-refractivity contribution is -0.149. The van der Waals surface area contributed by atoms with E-state index >= 15 is 0 Å². The molecule has 0 aromatic rings. The molecule has 0 saturated heterocycles. The molecule has 0 aromatic carbocycles. The van der Waals surface area contributed by atoms with E-state index in [4.69, 9.17) is 5.11 Å². The largest absolute Gasteiger partial charge is 0.480 e. The van der Waals surface area contributed by atoms with Crippen LogP contribution in [0.25, 0.3) is 0 Å². The van der Waals surface area contributed by atoms with Gasteiger partial charge in [-0.3, -0.25) is 9.69 Å². The summed E-state index contributed by atoms with van der Waals surface area (Å²) in [6, 6.07) is 0. The van der Waals surface area contributed by atoms with Gasteiger partial charge < -0.3 is 5.11 Å². The number of hydrogen-bond donors (Lipinski definition) is 1. The number of nitrogens with zero attached hydrogens (tertiary/aromatic N) is 1. The normalized spacial score (nSPS) is 11.8. The summed E-state index contributed by atoms with van der Waals surface area (Å²) in [7, 11) is 0. The van der Waals surface area contributed by atoms with Gasteiger partial charge in [-0.15, -0.1) is 0 Å². The van der Waals surface area contributed by atoms with Gasteiger partial charge in [-0.25, -0.2) is 0 Å². The van der Waals surface area contributed by atoms with Gasteiger partial charge in [0.25, 0.3) is 0 Å². The molecule has 0 rings (SSSR count). The first-order valence-corrected chi connectivity index (χ1v) is 5.01. The van der Waals surface area contributed by atoms with Crippen molar-refractivity contribution >= 4 is 5.97 Å². The molecule has 0 radical (unpaired) electrons. The Hall–Kier alpha value is -0.830. The average Bonchev–Trinajstić information content (AvgIpc) is 2.12. The van der Waals surface area contributed by atoms with Crippen molar-refractivity contribution < 1.29 is 9.90 Å². The fourth-order valence-corrected chi connectivity index (χ4v) is 1.22. The van der Waals surface area contributed by atoms with Crippen molar-refractivity contribution in [2.45, 2.75) is 39.7 Å². The number of aliphatic carboxylic acids is 1. The van der Waals surface area contributed by atoms with Gasteiger partial charge in [-0.2, -0.15) is 0 Å². The predicted octanol–water partition coefficient (Wildman–Crippen LogP) is 2.14. The van der Waals surface area contributed by atoms with E-state index < -0.39 is 11.5 Å². The van der Waals surface area contributed by atoms with Crippen molar-refractivity contribution in [3.63, 3.8) is 0 Å². The first-order chi connectivity index (χ1) is 6.36. The number of rotatable bonds is 6. The molecule has 0 aromatic heterocycles. The van der Waals surface area contributed by atoms with Crippen molar-refractivity contribution in [1.29, 1.82) is 0 Å². The molecular formula is C11H21NO2. The Kier molecular flexibility index (Phi) is 4.85. The molecule has 0 aliphatic carbocycles. The zero-order valence-corrected chi connectivity index (χ0v) is 9.63. The first-order valence-electron chi connectivity index (χ1n) is 5.01. The maximum absolute atomic E-state index is 11.0. The van der Waals surface area contributed by atoms with Crippen LogP contribution in [0.3, 0.4) is 0 Å². The molecule has 0 heterocycles. The topological polar surface area (TPSA) is 40.5 Å². The lowest BCUT2D eigenvalue weighted by Gasteiger charge is -2.34. The van der Waals surface area contributed by atoms with Gasteiger partial charge in [0, 0.05) is 6.54 Å². The molecule has 0 aliphatic heterocycles. The lowest BCUT2D eigenvalue weighted by Crippen LogP contribution is -2.50. The molecule has 3 heteroatoms. The van der Waals surface area contributed by atoms with Crippen LogP contribution in [-0.4, -0.2) is 34.6 Å². The summed E-state index contributed by atoms with van der Waals surface area (Å²) in [4.78, 5) is 12.9. The summed E-state index contributed by atoms with van der Waals surface area (Å²) in [5, 5.41) is 9.06. The molecule has 0 spiro atoms. The molecule has 3 nitrogen and oxygen atoms in total. The van der Waals surface area contributed by atoms with Crippen LogP contribution in [0.2, 0.25) is 0 Å².